The number of aliphatic carboxylic acids is 3. The highest BCUT2D eigenvalue weighted by molar-refractivity contribution is 5.89. The van der Waals surface area contributed by atoms with Crippen LogP contribution in [-0.2, 0) is 19.1 Å². The lowest BCUT2D eigenvalue weighted by Gasteiger charge is -2.24. The Kier molecular flexibility index (Phi) is 4.24. The molecule has 0 bridgehead atoms. The molecule has 0 saturated carbocycles. The van der Waals surface area contributed by atoms with E-state index in [4.69, 9.17) is 20.4 Å². The van der Waals surface area contributed by atoms with Crippen LogP contribution >= 0.6 is 0 Å². The molecule has 0 aliphatic rings. The molecule has 0 heterocycles. The SMILES string of the molecule is O=C(O)CC(CC(=O)O)(OC(=O)O)C(=O)O. The highest BCUT2D eigenvalue weighted by Gasteiger charge is 2.47. The van der Waals surface area contributed by atoms with Crippen molar-refractivity contribution in [2.45, 2.75) is 18.4 Å². The van der Waals surface area contributed by atoms with Gasteiger partial charge in [-0.3, -0.25) is 9.59 Å². The maximum atomic E-state index is 10.7. The van der Waals surface area contributed by atoms with Gasteiger partial charge in [0.05, 0.1) is 12.8 Å². The molecule has 0 aromatic heterocycles. The van der Waals surface area contributed by atoms with Crippen molar-refractivity contribution >= 4 is 24.1 Å². The molecule has 0 aliphatic carbocycles. The quantitative estimate of drug-likeness (QED) is 0.444. The molecule has 0 fully saturated rings. The third-order valence-corrected chi connectivity index (χ3v) is 1.55. The molecule has 0 spiro atoms. The lowest BCUT2D eigenvalue weighted by Crippen LogP contribution is -2.46. The van der Waals surface area contributed by atoms with Gasteiger partial charge in [-0.25, -0.2) is 9.59 Å². The standard InChI is InChI=1S/C7H8O9/c8-3(9)1-7(5(12)13,2-4(10)11)16-6(14)15/h1-2H2,(H,8,9)(H,10,11)(H,12,13)(H,14,15). The van der Waals surface area contributed by atoms with Crippen LogP contribution in [0.2, 0.25) is 0 Å². The molecule has 90 valence electrons. The predicted octanol–water partition coefficient (Wildman–Crippen LogP) is -0.546. The van der Waals surface area contributed by atoms with Crippen LogP contribution in [0.5, 0.6) is 0 Å². The van der Waals surface area contributed by atoms with Gasteiger partial charge in [-0.2, -0.15) is 0 Å². The molecule has 4 N–H and O–H groups in total. The number of carbonyl (C=O) groups is 4. The molecule has 0 rings (SSSR count). The van der Waals surface area contributed by atoms with Crippen LogP contribution in [0.1, 0.15) is 12.8 Å². The maximum absolute atomic E-state index is 10.7. The van der Waals surface area contributed by atoms with Gasteiger partial charge in [0.25, 0.3) is 0 Å². The van der Waals surface area contributed by atoms with Crippen molar-refractivity contribution in [1.82, 2.24) is 0 Å². The van der Waals surface area contributed by atoms with E-state index in [-0.39, 0.29) is 0 Å². The van der Waals surface area contributed by atoms with E-state index >= 15 is 0 Å². The van der Waals surface area contributed by atoms with Crippen molar-refractivity contribution in [3.8, 4) is 0 Å². The van der Waals surface area contributed by atoms with Crippen LogP contribution in [0.4, 0.5) is 4.79 Å². The molecule has 0 aliphatic heterocycles. The van der Waals surface area contributed by atoms with E-state index < -0.39 is 42.5 Å². The first-order chi connectivity index (χ1) is 7.19. The summed E-state index contributed by atoms with van der Waals surface area (Å²) in [5.74, 6) is -5.35. The fraction of sp³-hybridized carbons (Fsp3) is 0.429. The Balaban J connectivity index is 5.19. The molecule has 9 heteroatoms. The average Bonchev–Trinajstić information content (AvgIpc) is 1.98. The van der Waals surface area contributed by atoms with Gasteiger partial charge in [-0.15, -0.1) is 0 Å². The average molecular weight is 236 g/mol. The smallest absolute Gasteiger partial charge is 0.481 e. The van der Waals surface area contributed by atoms with Crippen molar-refractivity contribution in [3.63, 3.8) is 0 Å². The molecule has 0 unspecified atom stereocenters. The normalized spacial score (nSPS) is 10.5. The predicted molar refractivity (Wildman–Crippen MR) is 44.0 cm³/mol. The number of rotatable bonds is 6. The molecule has 16 heavy (non-hydrogen) atoms. The van der Waals surface area contributed by atoms with Crippen LogP contribution in [0.25, 0.3) is 0 Å². The van der Waals surface area contributed by atoms with Crippen molar-refractivity contribution in [2.75, 3.05) is 0 Å². The fourth-order valence-electron chi connectivity index (χ4n) is 0.985. The van der Waals surface area contributed by atoms with E-state index in [0.717, 1.165) is 0 Å². The van der Waals surface area contributed by atoms with Crippen LogP contribution in [0.3, 0.4) is 0 Å². The molecule has 9 nitrogen and oxygen atoms in total. The molecule has 0 saturated heterocycles. The summed E-state index contributed by atoms with van der Waals surface area (Å²) >= 11 is 0. The summed E-state index contributed by atoms with van der Waals surface area (Å²) in [6.07, 6.45) is -4.62. The topological polar surface area (TPSA) is 158 Å². The molecular weight excluding hydrogens is 228 g/mol. The van der Waals surface area contributed by atoms with E-state index in [1.54, 1.807) is 0 Å². The van der Waals surface area contributed by atoms with Crippen molar-refractivity contribution in [3.05, 3.63) is 0 Å². The summed E-state index contributed by atoms with van der Waals surface area (Å²) in [5.41, 5.74) is -2.82. The Hall–Kier alpha value is -2.32. The van der Waals surface area contributed by atoms with E-state index in [0.29, 0.717) is 0 Å². The highest BCUT2D eigenvalue weighted by Crippen LogP contribution is 2.22. The third-order valence-electron chi connectivity index (χ3n) is 1.55. The Bertz CT molecular complexity index is 290. The first-order valence-electron chi connectivity index (χ1n) is 3.78. The summed E-state index contributed by atoms with van der Waals surface area (Å²) in [6.45, 7) is 0. The van der Waals surface area contributed by atoms with Crippen molar-refractivity contribution in [2.24, 2.45) is 0 Å². The second-order valence-electron chi connectivity index (χ2n) is 2.81. The molecular formula is C7H8O9. The largest absolute Gasteiger partial charge is 0.506 e. The van der Waals surface area contributed by atoms with Gasteiger partial charge >= 0.3 is 24.1 Å². The Labute approximate surface area is 87.9 Å². The molecule has 0 radical (unpaired) electrons. The van der Waals surface area contributed by atoms with E-state index in [9.17, 15) is 19.2 Å². The molecule has 0 amide bonds. The lowest BCUT2D eigenvalue weighted by atomic mass is 9.95. The fourth-order valence-corrected chi connectivity index (χ4v) is 0.985. The summed E-state index contributed by atoms with van der Waals surface area (Å²) in [7, 11) is 0. The van der Waals surface area contributed by atoms with Crippen LogP contribution < -0.4 is 0 Å². The monoisotopic (exact) mass is 236 g/mol. The van der Waals surface area contributed by atoms with E-state index in [2.05, 4.69) is 4.74 Å². The maximum Gasteiger partial charge on any atom is 0.506 e. The number of carboxylic acid groups (broad SMARTS) is 4. The number of ether oxygens (including phenoxy) is 1. The molecule has 0 aromatic rings. The minimum atomic E-state index is -2.82. The second kappa shape index (κ2) is 4.96. The number of hydrogen-bond acceptors (Lipinski definition) is 5. The lowest BCUT2D eigenvalue weighted by molar-refractivity contribution is -0.172. The zero-order valence-electron chi connectivity index (χ0n) is 7.74. The zero-order chi connectivity index (χ0) is 12.9. The Morgan fingerprint density at radius 3 is 1.44 bits per heavy atom. The highest BCUT2D eigenvalue weighted by atomic mass is 16.7. The number of hydrogen-bond donors (Lipinski definition) is 4. The van der Waals surface area contributed by atoms with Gasteiger partial charge in [0, 0.05) is 0 Å². The summed E-state index contributed by atoms with van der Waals surface area (Å²) in [6, 6.07) is 0. The Morgan fingerprint density at radius 1 is 0.875 bits per heavy atom. The van der Waals surface area contributed by atoms with Crippen LogP contribution in [0.15, 0.2) is 0 Å². The van der Waals surface area contributed by atoms with Gasteiger partial charge in [-0.1, -0.05) is 0 Å². The third kappa shape index (κ3) is 3.82. The molecule has 0 aromatic carbocycles. The minimum absolute atomic E-state index is 1.28. The van der Waals surface area contributed by atoms with Crippen molar-refractivity contribution < 1.29 is 44.3 Å². The molecule has 0 atom stereocenters. The summed E-state index contributed by atoms with van der Waals surface area (Å²) in [4.78, 5) is 41.6. The number of carboxylic acids is 3. The zero-order valence-corrected chi connectivity index (χ0v) is 7.74. The van der Waals surface area contributed by atoms with Crippen molar-refractivity contribution in [1.29, 1.82) is 0 Å². The van der Waals surface area contributed by atoms with E-state index in [1.165, 1.54) is 0 Å². The minimum Gasteiger partial charge on any atom is -0.481 e. The van der Waals surface area contributed by atoms with Crippen LogP contribution in [0, 0.1) is 0 Å². The van der Waals surface area contributed by atoms with Gasteiger partial charge in [-0.05, 0) is 0 Å². The summed E-state index contributed by atoms with van der Waals surface area (Å²) in [5, 5.41) is 33.7. The van der Waals surface area contributed by atoms with E-state index in [1.807, 2.05) is 0 Å². The second-order valence-corrected chi connectivity index (χ2v) is 2.81. The van der Waals surface area contributed by atoms with Gasteiger partial charge in [0.2, 0.25) is 5.60 Å². The Morgan fingerprint density at radius 2 is 1.25 bits per heavy atom. The van der Waals surface area contributed by atoms with Gasteiger partial charge < -0.3 is 25.2 Å². The van der Waals surface area contributed by atoms with Crippen LogP contribution in [-0.4, -0.2) is 50.1 Å². The van der Waals surface area contributed by atoms with Gasteiger partial charge in [0.1, 0.15) is 0 Å². The summed E-state index contributed by atoms with van der Waals surface area (Å²) < 4.78 is 3.88. The first-order valence-corrected chi connectivity index (χ1v) is 3.78. The first kappa shape index (κ1) is 13.7. The van der Waals surface area contributed by atoms with Gasteiger partial charge in [0.15, 0.2) is 0 Å².